The summed E-state index contributed by atoms with van der Waals surface area (Å²) in [4.78, 5) is 2.33. The van der Waals surface area contributed by atoms with Crippen molar-refractivity contribution in [2.75, 3.05) is 20.6 Å². The molecule has 0 aliphatic heterocycles. The van der Waals surface area contributed by atoms with Crippen LogP contribution in [0, 0.1) is 11.3 Å². The minimum absolute atomic E-state index is 0.405. The van der Waals surface area contributed by atoms with Crippen LogP contribution < -0.4 is 5.32 Å². The van der Waals surface area contributed by atoms with Crippen LogP contribution in [0.2, 0.25) is 0 Å². The van der Waals surface area contributed by atoms with E-state index in [9.17, 15) is 0 Å². The summed E-state index contributed by atoms with van der Waals surface area (Å²) in [6.45, 7) is 2.77. The zero-order valence-corrected chi connectivity index (χ0v) is 9.51. The van der Waals surface area contributed by atoms with Crippen LogP contribution in [0.25, 0.3) is 0 Å². The standard InChI is InChI=1S/C11H21N3/c1-11(8-12,13-2)9-14(3)10-6-4-5-7-10/h10,13H,4-7,9H2,1-3H3. The minimum Gasteiger partial charge on any atom is -0.302 e. The second-order valence-electron chi connectivity index (χ2n) is 4.55. The van der Waals surface area contributed by atoms with Crippen LogP contribution in [0.4, 0.5) is 0 Å². The second-order valence-corrected chi connectivity index (χ2v) is 4.55. The maximum absolute atomic E-state index is 9.04. The van der Waals surface area contributed by atoms with Crippen molar-refractivity contribution >= 4 is 0 Å². The molecule has 1 rings (SSSR count). The Morgan fingerprint density at radius 2 is 2.07 bits per heavy atom. The van der Waals surface area contributed by atoms with Crippen LogP contribution in [0.5, 0.6) is 0 Å². The lowest BCUT2D eigenvalue weighted by Crippen LogP contribution is -2.49. The Balaban J connectivity index is 2.46. The Kier molecular flexibility index (Phi) is 3.91. The molecule has 1 aliphatic rings. The van der Waals surface area contributed by atoms with Crippen molar-refractivity contribution in [3.8, 4) is 6.07 Å². The van der Waals surface area contributed by atoms with Gasteiger partial charge in [0.2, 0.25) is 0 Å². The van der Waals surface area contributed by atoms with Crippen LogP contribution in [-0.2, 0) is 0 Å². The molecule has 0 aromatic carbocycles. The van der Waals surface area contributed by atoms with Gasteiger partial charge in [0.05, 0.1) is 6.07 Å². The third-order valence-electron chi connectivity index (χ3n) is 3.31. The number of nitriles is 1. The number of likely N-dealkylation sites (N-methyl/N-ethyl adjacent to an activating group) is 2. The van der Waals surface area contributed by atoms with Gasteiger partial charge in [0.15, 0.2) is 0 Å². The molecule has 3 heteroatoms. The van der Waals surface area contributed by atoms with Gasteiger partial charge in [-0.05, 0) is 33.9 Å². The van der Waals surface area contributed by atoms with E-state index >= 15 is 0 Å². The van der Waals surface area contributed by atoms with Crippen LogP contribution in [-0.4, -0.2) is 37.1 Å². The summed E-state index contributed by atoms with van der Waals surface area (Å²) in [6.07, 6.45) is 5.28. The maximum Gasteiger partial charge on any atom is 0.116 e. The molecule has 0 amide bonds. The summed E-state index contributed by atoms with van der Waals surface area (Å²) in [5.74, 6) is 0. The Bertz CT molecular complexity index is 215. The molecule has 0 radical (unpaired) electrons. The van der Waals surface area contributed by atoms with E-state index in [1.165, 1.54) is 25.7 Å². The maximum atomic E-state index is 9.04. The molecule has 1 N–H and O–H groups in total. The monoisotopic (exact) mass is 195 g/mol. The third-order valence-corrected chi connectivity index (χ3v) is 3.31. The highest BCUT2D eigenvalue weighted by molar-refractivity contribution is 5.05. The van der Waals surface area contributed by atoms with E-state index in [1.54, 1.807) is 0 Å². The van der Waals surface area contributed by atoms with E-state index in [1.807, 2.05) is 14.0 Å². The van der Waals surface area contributed by atoms with Crippen LogP contribution in [0.3, 0.4) is 0 Å². The second kappa shape index (κ2) is 4.77. The molecule has 0 aromatic heterocycles. The summed E-state index contributed by atoms with van der Waals surface area (Å²) in [5.41, 5.74) is -0.405. The predicted octanol–water partition coefficient (Wildman–Crippen LogP) is 1.36. The van der Waals surface area contributed by atoms with E-state index in [0.29, 0.717) is 6.04 Å². The first kappa shape index (κ1) is 11.5. The normalized spacial score (nSPS) is 22.2. The number of rotatable bonds is 4. The first-order valence-corrected chi connectivity index (χ1v) is 5.42. The average Bonchev–Trinajstić information content (AvgIpc) is 2.70. The molecule has 1 unspecified atom stereocenters. The fourth-order valence-corrected chi connectivity index (χ4v) is 2.14. The van der Waals surface area contributed by atoms with Gasteiger partial charge in [-0.25, -0.2) is 0 Å². The van der Waals surface area contributed by atoms with Crippen LogP contribution >= 0.6 is 0 Å². The molecule has 1 atom stereocenters. The summed E-state index contributed by atoms with van der Waals surface area (Å²) >= 11 is 0. The van der Waals surface area contributed by atoms with E-state index < -0.39 is 5.54 Å². The van der Waals surface area contributed by atoms with Gasteiger partial charge < -0.3 is 10.2 Å². The average molecular weight is 195 g/mol. The fourth-order valence-electron chi connectivity index (χ4n) is 2.14. The lowest BCUT2D eigenvalue weighted by Gasteiger charge is -2.31. The highest BCUT2D eigenvalue weighted by Gasteiger charge is 2.27. The molecule has 80 valence electrons. The van der Waals surface area contributed by atoms with Crippen molar-refractivity contribution < 1.29 is 0 Å². The molecular formula is C11H21N3. The zero-order chi connectivity index (χ0) is 10.6. The van der Waals surface area contributed by atoms with Gasteiger partial charge in [0.1, 0.15) is 5.54 Å². The van der Waals surface area contributed by atoms with Crippen molar-refractivity contribution in [1.82, 2.24) is 10.2 Å². The first-order valence-electron chi connectivity index (χ1n) is 5.42. The Labute approximate surface area is 87.1 Å². The Hall–Kier alpha value is -0.590. The van der Waals surface area contributed by atoms with E-state index in [0.717, 1.165) is 6.54 Å². The van der Waals surface area contributed by atoms with Crippen molar-refractivity contribution in [2.45, 2.75) is 44.2 Å². The van der Waals surface area contributed by atoms with Gasteiger partial charge in [0, 0.05) is 12.6 Å². The molecule has 0 saturated heterocycles. The van der Waals surface area contributed by atoms with Crippen molar-refractivity contribution in [3.63, 3.8) is 0 Å². The van der Waals surface area contributed by atoms with Crippen molar-refractivity contribution in [2.24, 2.45) is 0 Å². The molecule has 3 nitrogen and oxygen atoms in total. The molecular weight excluding hydrogens is 174 g/mol. The van der Waals surface area contributed by atoms with Crippen molar-refractivity contribution in [3.05, 3.63) is 0 Å². The quantitative estimate of drug-likeness (QED) is 0.736. The molecule has 0 bridgehead atoms. The number of nitrogens with one attached hydrogen (secondary N) is 1. The summed E-state index contributed by atoms with van der Waals surface area (Å²) in [6, 6.07) is 3.02. The molecule has 0 aromatic rings. The zero-order valence-electron chi connectivity index (χ0n) is 9.51. The largest absolute Gasteiger partial charge is 0.302 e. The molecule has 0 spiro atoms. The summed E-state index contributed by atoms with van der Waals surface area (Å²) < 4.78 is 0. The van der Waals surface area contributed by atoms with Gasteiger partial charge in [-0.2, -0.15) is 5.26 Å². The van der Waals surface area contributed by atoms with Gasteiger partial charge >= 0.3 is 0 Å². The SMILES string of the molecule is CNC(C)(C#N)CN(C)C1CCCC1. The number of hydrogen-bond donors (Lipinski definition) is 1. The van der Waals surface area contributed by atoms with E-state index in [-0.39, 0.29) is 0 Å². The van der Waals surface area contributed by atoms with Crippen molar-refractivity contribution in [1.29, 1.82) is 5.26 Å². The summed E-state index contributed by atoms with van der Waals surface area (Å²) in [7, 11) is 3.98. The molecule has 14 heavy (non-hydrogen) atoms. The van der Waals surface area contributed by atoms with Crippen LogP contribution in [0.15, 0.2) is 0 Å². The summed E-state index contributed by atoms with van der Waals surface area (Å²) in [5, 5.41) is 12.1. The third kappa shape index (κ3) is 2.70. The minimum atomic E-state index is -0.405. The van der Waals surface area contributed by atoms with Gasteiger partial charge in [-0.1, -0.05) is 12.8 Å². The highest BCUT2D eigenvalue weighted by atomic mass is 15.2. The predicted molar refractivity (Wildman–Crippen MR) is 58.0 cm³/mol. The lowest BCUT2D eigenvalue weighted by atomic mass is 10.0. The Morgan fingerprint density at radius 1 is 1.50 bits per heavy atom. The van der Waals surface area contributed by atoms with Gasteiger partial charge in [-0.3, -0.25) is 0 Å². The molecule has 1 aliphatic carbocycles. The van der Waals surface area contributed by atoms with Crippen LogP contribution in [0.1, 0.15) is 32.6 Å². The fraction of sp³-hybridized carbons (Fsp3) is 0.909. The van der Waals surface area contributed by atoms with Gasteiger partial charge in [0.25, 0.3) is 0 Å². The molecule has 1 fully saturated rings. The topological polar surface area (TPSA) is 39.1 Å². The van der Waals surface area contributed by atoms with Gasteiger partial charge in [-0.15, -0.1) is 0 Å². The number of nitrogens with zero attached hydrogens (tertiary/aromatic N) is 2. The first-order chi connectivity index (χ1) is 6.61. The van der Waals surface area contributed by atoms with E-state index in [4.69, 9.17) is 5.26 Å². The molecule has 0 heterocycles. The highest BCUT2D eigenvalue weighted by Crippen LogP contribution is 2.23. The number of hydrogen-bond acceptors (Lipinski definition) is 3. The van der Waals surface area contributed by atoms with E-state index in [2.05, 4.69) is 23.3 Å². The Morgan fingerprint density at radius 3 is 2.50 bits per heavy atom. The smallest absolute Gasteiger partial charge is 0.116 e. The molecule has 1 saturated carbocycles. The lowest BCUT2D eigenvalue weighted by molar-refractivity contribution is 0.204.